The Bertz CT molecular complexity index is 2520. The molecule has 0 fully saturated rings. The summed E-state index contributed by atoms with van der Waals surface area (Å²) in [6.07, 6.45) is 0. The smallest absolute Gasteiger partial charge is 0.164 e. The molecule has 0 saturated heterocycles. The summed E-state index contributed by atoms with van der Waals surface area (Å²) in [5.74, 6) is 1.94. The van der Waals surface area contributed by atoms with Gasteiger partial charge in [0.25, 0.3) is 0 Å². The maximum absolute atomic E-state index is 5.00. The van der Waals surface area contributed by atoms with E-state index in [0.29, 0.717) is 17.5 Å². The highest BCUT2D eigenvalue weighted by Gasteiger charge is 2.18. The molecule has 230 valence electrons. The summed E-state index contributed by atoms with van der Waals surface area (Å²) in [4.78, 5) is 14.9. The first-order valence-electron chi connectivity index (χ1n) is 16.5. The van der Waals surface area contributed by atoms with Crippen LogP contribution in [0.2, 0.25) is 0 Å². The number of aromatic nitrogens is 4. The van der Waals surface area contributed by atoms with E-state index in [2.05, 4.69) is 126 Å². The number of nitrogens with zero attached hydrogens (tertiary/aromatic N) is 4. The maximum atomic E-state index is 5.00. The Morgan fingerprint density at radius 2 is 0.837 bits per heavy atom. The average Bonchev–Trinajstić information content (AvgIpc) is 3.53. The third-order valence-corrected chi connectivity index (χ3v) is 9.04. The Hall–Kier alpha value is -6.65. The van der Waals surface area contributed by atoms with E-state index < -0.39 is 0 Å². The third-order valence-electron chi connectivity index (χ3n) is 9.04. The first-order chi connectivity index (χ1) is 24.3. The van der Waals surface area contributed by atoms with Gasteiger partial charge in [-0.25, -0.2) is 15.0 Å². The van der Waals surface area contributed by atoms with Crippen LogP contribution in [0.4, 0.5) is 0 Å². The van der Waals surface area contributed by atoms with Gasteiger partial charge < -0.3 is 4.57 Å². The second kappa shape index (κ2) is 12.2. The van der Waals surface area contributed by atoms with Crippen LogP contribution in [-0.2, 0) is 0 Å². The van der Waals surface area contributed by atoms with E-state index in [1.54, 1.807) is 0 Å². The van der Waals surface area contributed by atoms with Crippen molar-refractivity contribution in [1.82, 2.24) is 19.5 Å². The topological polar surface area (TPSA) is 43.6 Å². The van der Waals surface area contributed by atoms with E-state index in [1.807, 2.05) is 60.7 Å². The Balaban J connectivity index is 1.24. The van der Waals surface area contributed by atoms with Crippen molar-refractivity contribution in [3.8, 4) is 62.1 Å². The van der Waals surface area contributed by atoms with Crippen molar-refractivity contribution in [3.63, 3.8) is 0 Å². The summed E-state index contributed by atoms with van der Waals surface area (Å²) in [5, 5.41) is 2.42. The Kier molecular flexibility index (Phi) is 7.10. The van der Waals surface area contributed by atoms with Crippen LogP contribution in [0.25, 0.3) is 83.9 Å². The Labute approximate surface area is 284 Å². The van der Waals surface area contributed by atoms with Crippen LogP contribution in [0.1, 0.15) is 0 Å². The molecule has 0 aliphatic rings. The molecule has 0 radical (unpaired) electrons. The summed E-state index contributed by atoms with van der Waals surface area (Å²) in [5.41, 5.74) is 10.9. The zero-order chi connectivity index (χ0) is 32.6. The number of para-hydroxylation sites is 1. The van der Waals surface area contributed by atoms with E-state index in [1.165, 1.54) is 27.4 Å². The van der Waals surface area contributed by atoms with Gasteiger partial charge in [0.1, 0.15) is 0 Å². The minimum Gasteiger partial charge on any atom is -0.309 e. The normalized spacial score (nSPS) is 11.3. The molecule has 0 atom stereocenters. The van der Waals surface area contributed by atoms with Crippen LogP contribution in [0.15, 0.2) is 182 Å². The first kappa shape index (κ1) is 28.6. The minimum atomic E-state index is 0.640. The lowest BCUT2D eigenvalue weighted by molar-refractivity contribution is 1.07. The van der Waals surface area contributed by atoms with E-state index in [0.717, 1.165) is 39.0 Å². The van der Waals surface area contributed by atoms with Crippen molar-refractivity contribution < 1.29 is 0 Å². The fourth-order valence-electron chi connectivity index (χ4n) is 6.74. The maximum Gasteiger partial charge on any atom is 0.164 e. The van der Waals surface area contributed by atoms with Gasteiger partial charge in [-0.3, -0.25) is 0 Å². The van der Waals surface area contributed by atoms with Crippen molar-refractivity contribution in [2.75, 3.05) is 0 Å². The average molecular weight is 627 g/mol. The minimum absolute atomic E-state index is 0.640. The van der Waals surface area contributed by atoms with E-state index >= 15 is 0 Å². The van der Waals surface area contributed by atoms with Gasteiger partial charge >= 0.3 is 0 Å². The molecule has 0 aliphatic heterocycles. The van der Waals surface area contributed by atoms with E-state index in [4.69, 9.17) is 15.0 Å². The lowest BCUT2D eigenvalue weighted by Gasteiger charge is -2.11. The second-order valence-electron chi connectivity index (χ2n) is 12.1. The van der Waals surface area contributed by atoms with Crippen molar-refractivity contribution in [1.29, 1.82) is 0 Å². The van der Waals surface area contributed by atoms with Crippen molar-refractivity contribution >= 4 is 21.8 Å². The zero-order valence-corrected chi connectivity index (χ0v) is 26.6. The molecule has 4 nitrogen and oxygen atoms in total. The van der Waals surface area contributed by atoms with Crippen LogP contribution in [0.5, 0.6) is 0 Å². The first-order valence-corrected chi connectivity index (χ1v) is 16.5. The SMILES string of the molecule is c1ccc(-c2ccc3c4c(-c5cccc(-c6nc(-c7ccccc7)nc(-c7ccccc7)n6)c5)cccc4n(-c4ccccc4)c3c2)cc1. The summed E-state index contributed by atoms with van der Waals surface area (Å²) >= 11 is 0. The number of hydrogen-bond acceptors (Lipinski definition) is 3. The largest absolute Gasteiger partial charge is 0.309 e. The van der Waals surface area contributed by atoms with Crippen molar-refractivity contribution in [2.45, 2.75) is 0 Å². The number of hydrogen-bond donors (Lipinski definition) is 0. The molecule has 2 aromatic heterocycles. The van der Waals surface area contributed by atoms with Gasteiger partial charge in [-0.2, -0.15) is 0 Å². The van der Waals surface area contributed by atoms with Crippen LogP contribution in [0.3, 0.4) is 0 Å². The van der Waals surface area contributed by atoms with Gasteiger partial charge in [0, 0.05) is 33.2 Å². The molecule has 0 bridgehead atoms. The van der Waals surface area contributed by atoms with Crippen LogP contribution < -0.4 is 0 Å². The standard InChI is InChI=1S/C45H30N4/c1-5-15-31(16-6-1)34-27-28-39-41(30-34)49(37-23-11-4-12-24-37)40-26-14-25-38(42(39)40)35-21-13-22-36(29-35)45-47-43(32-17-7-2-8-18-32)46-44(48-45)33-19-9-3-10-20-33/h1-30H. The predicted octanol–water partition coefficient (Wildman–Crippen LogP) is 11.3. The molecule has 0 saturated carbocycles. The molecule has 0 spiro atoms. The molecule has 7 aromatic carbocycles. The van der Waals surface area contributed by atoms with Gasteiger partial charge in [-0.15, -0.1) is 0 Å². The highest BCUT2D eigenvalue weighted by atomic mass is 15.0. The lowest BCUT2D eigenvalue weighted by Crippen LogP contribution is -2.00. The van der Waals surface area contributed by atoms with Gasteiger partial charge in [-0.1, -0.05) is 152 Å². The third kappa shape index (κ3) is 5.26. The van der Waals surface area contributed by atoms with Gasteiger partial charge in [0.15, 0.2) is 17.5 Å². The van der Waals surface area contributed by atoms with Crippen LogP contribution in [0, 0.1) is 0 Å². The quantitative estimate of drug-likeness (QED) is 0.184. The molecular formula is C45H30N4. The van der Waals surface area contributed by atoms with Crippen LogP contribution in [-0.4, -0.2) is 19.5 Å². The van der Waals surface area contributed by atoms with Crippen molar-refractivity contribution in [2.24, 2.45) is 0 Å². The number of rotatable bonds is 6. The lowest BCUT2D eigenvalue weighted by atomic mass is 9.97. The number of fused-ring (bicyclic) bond motifs is 3. The summed E-state index contributed by atoms with van der Waals surface area (Å²) in [6.45, 7) is 0. The van der Waals surface area contributed by atoms with Gasteiger partial charge in [-0.05, 0) is 52.6 Å². The number of benzene rings is 7. The molecule has 0 N–H and O–H groups in total. The van der Waals surface area contributed by atoms with Crippen LogP contribution >= 0.6 is 0 Å². The second-order valence-corrected chi connectivity index (χ2v) is 12.1. The molecule has 0 amide bonds. The van der Waals surface area contributed by atoms with Gasteiger partial charge in [0.2, 0.25) is 0 Å². The molecule has 0 unspecified atom stereocenters. The molecule has 9 rings (SSSR count). The highest BCUT2D eigenvalue weighted by molar-refractivity contribution is 6.16. The fourth-order valence-corrected chi connectivity index (χ4v) is 6.74. The summed E-state index contributed by atoms with van der Waals surface area (Å²) in [6, 6.07) is 63.4. The highest BCUT2D eigenvalue weighted by Crippen LogP contribution is 2.40. The van der Waals surface area contributed by atoms with Gasteiger partial charge in [0.05, 0.1) is 11.0 Å². The zero-order valence-electron chi connectivity index (χ0n) is 26.6. The molecule has 0 aliphatic carbocycles. The molecule has 49 heavy (non-hydrogen) atoms. The summed E-state index contributed by atoms with van der Waals surface area (Å²) in [7, 11) is 0. The fraction of sp³-hybridized carbons (Fsp3) is 0. The molecule has 4 heteroatoms. The Morgan fingerprint density at radius 1 is 0.327 bits per heavy atom. The monoisotopic (exact) mass is 626 g/mol. The Morgan fingerprint density at radius 3 is 1.47 bits per heavy atom. The molecule has 2 heterocycles. The predicted molar refractivity (Wildman–Crippen MR) is 201 cm³/mol. The van der Waals surface area contributed by atoms with E-state index in [9.17, 15) is 0 Å². The molecule has 9 aromatic rings. The molecular weight excluding hydrogens is 597 g/mol. The van der Waals surface area contributed by atoms with E-state index in [-0.39, 0.29) is 0 Å². The van der Waals surface area contributed by atoms with Crippen molar-refractivity contribution in [3.05, 3.63) is 182 Å². The summed E-state index contributed by atoms with van der Waals surface area (Å²) < 4.78 is 2.38.